The predicted octanol–water partition coefficient (Wildman–Crippen LogP) is 5.06. The van der Waals surface area contributed by atoms with Gasteiger partial charge in [0.1, 0.15) is 0 Å². The lowest BCUT2D eigenvalue weighted by molar-refractivity contribution is 0.296. The molecular weight excluding hydrogens is 432 g/mol. The Morgan fingerprint density at radius 3 is 2.86 bits per heavy atom. The molecule has 2 fully saturated rings. The third kappa shape index (κ3) is 4.43. The molecule has 1 saturated carbocycles. The van der Waals surface area contributed by atoms with Crippen molar-refractivity contribution >= 4 is 39.9 Å². The highest BCUT2D eigenvalue weighted by molar-refractivity contribution is 5.94. The van der Waals surface area contributed by atoms with Crippen LogP contribution in [-0.4, -0.2) is 55.0 Å². The zero-order valence-electron chi connectivity index (χ0n) is 20.7. The number of aliphatic imine (C=N–C) groups is 1. The first-order valence-electron chi connectivity index (χ1n) is 13.0. The number of anilines is 2. The van der Waals surface area contributed by atoms with Gasteiger partial charge in [0.15, 0.2) is 0 Å². The van der Waals surface area contributed by atoms with E-state index in [-0.39, 0.29) is 6.04 Å². The van der Waals surface area contributed by atoms with E-state index in [1.165, 1.54) is 29.4 Å². The molecule has 2 aromatic carbocycles. The van der Waals surface area contributed by atoms with E-state index < -0.39 is 0 Å². The maximum Gasteiger partial charge on any atom is 0.0891 e. The smallest absolute Gasteiger partial charge is 0.0891 e. The number of para-hydroxylation sites is 1. The second-order valence-electron chi connectivity index (χ2n) is 10.5. The maximum absolute atomic E-state index is 6.27. The van der Waals surface area contributed by atoms with E-state index in [2.05, 4.69) is 82.0 Å². The summed E-state index contributed by atoms with van der Waals surface area (Å²) in [6.07, 6.45) is 6.92. The Bertz CT molecular complexity index is 1280. The average molecular weight is 469 g/mol. The van der Waals surface area contributed by atoms with Gasteiger partial charge in [0.25, 0.3) is 0 Å². The minimum Gasteiger partial charge on any atom is -0.382 e. The highest BCUT2D eigenvalue weighted by Gasteiger charge is 2.25. The molecule has 3 N–H and O–H groups in total. The van der Waals surface area contributed by atoms with Gasteiger partial charge in [-0.1, -0.05) is 24.8 Å². The molecule has 1 saturated heterocycles. The second kappa shape index (κ2) is 9.08. The molecule has 0 radical (unpaired) electrons. The van der Waals surface area contributed by atoms with Gasteiger partial charge in [-0.25, -0.2) is 0 Å². The van der Waals surface area contributed by atoms with Crippen LogP contribution < -0.4 is 16.0 Å². The van der Waals surface area contributed by atoms with Crippen molar-refractivity contribution in [3.63, 3.8) is 0 Å². The molecule has 3 aromatic rings. The molecule has 1 aliphatic carbocycles. The van der Waals surface area contributed by atoms with Crippen LogP contribution in [0.5, 0.6) is 0 Å². The summed E-state index contributed by atoms with van der Waals surface area (Å²) in [5.41, 5.74) is 14.2. The standard InChI is InChI=1S/C29H36N6/c1-20(34-12-5-7-24(30)19-34)23-15-26-29(33(2)13-11-31-26)27(16-23)32-17-25-14-22-6-3-4-8-28(22)35(25)18-21-9-10-21/h3-4,6,8,14-17,21,24,31H,1,5,7,9-13,18-19,30H2,2H3/b32-17+. The summed E-state index contributed by atoms with van der Waals surface area (Å²) in [4.78, 5) is 9.76. The highest BCUT2D eigenvalue weighted by atomic mass is 15.2. The topological polar surface area (TPSA) is 61.8 Å². The molecule has 35 heavy (non-hydrogen) atoms. The Morgan fingerprint density at radius 1 is 1.17 bits per heavy atom. The predicted molar refractivity (Wildman–Crippen MR) is 148 cm³/mol. The third-order valence-corrected chi connectivity index (χ3v) is 7.72. The maximum atomic E-state index is 6.27. The molecule has 0 spiro atoms. The summed E-state index contributed by atoms with van der Waals surface area (Å²) in [5.74, 6) is 0.795. The normalized spacial score (nSPS) is 20.3. The average Bonchev–Trinajstić information content (AvgIpc) is 3.62. The van der Waals surface area contributed by atoms with Gasteiger partial charge in [-0.05, 0) is 55.9 Å². The summed E-state index contributed by atoms with van der Waals surface area (Å²) < 4.78 is 2.45. The number of nitrogens with one attached hydrogen (secondary N) is 1. The van der Waals surface area contributed by atoms with Crippen molar-refractivity contribution in [1.82, 2.24) is 9.47 Å². The highest BCUT2D eigenvalue weighted by Crippen LogP contribution is 2.41. The van der Waals surface area contributed by atoms with Crippen LogP contribution in [0.3, 0.4) is 0 Å². The molecule has 6 nitrogen and oxygen atoms in total. The SMILES string of the molecule is C=C(c1cc(/N=C/c2cc3ccccc3n2CC2CC2)c2c(c1)NCCN2C)N1CCCC(N)C1. The summed E-state index contributed by atoms with van der Waals surface area (Å²) in [5, 5.41) is 4.88. The zero-order valence-corrected chi connectivity index (χ0v) is 20.7. The number of nitrogens with two attached hydrogens (primary N) is 1. The third-order valence-electron chi connectivity index (χ3n) is 7.72. The minimum absolute atomic E-state index is 0.216. The molecule has 3 heterocycles. The van der Waals surface area contributed by atoms with Crippen LogP contribution in [0.2, 0.25) is 0 Å². The summed E-state index contributed by atoms with van der Waals surface area (Å²) in [6.45, 7) is 9.29. The van der Waals surface area contributed by atoms with Gasteiger partial charge in [-0.15, -0.1) is 0 Å². The fraction of sp³-hybridized carbons (Fsp3) is 0.414. The number of fused-ring (bicyclic) bond motifs is 2. The first-order valence-corrected chi connectivity index (χ1v) is 13.0. The first kappa shape index (κ1) is 22.2. The number of piperidine rings is 1. The van der Waals surface area contributed by atoms with Crippen LogP contribution in [0.1, 0.15) is 36.9 Å². The molecule has 0 amide bonds. The van der Waals surface area contributed by atoms with Crippen LogP contribution in [0, 0.1) is 5.92 Å². The molecule has 6 heteroatoms. The van der Waals surface area contributed by atoms with Gasteiger partial charge >= 0.3 is 0 Å². The van der Waals surface area contributed by atoms with E-state index in [9.17, 15) is 0 Å². The van der Waals surface area contributed by atoms with E-state index in [4.69, 9.17) is 10.7 Å². The molecule has 1 aromatic heterocycles. The van der Waals surface area contributed by atoms with Crippen molar-refractivity contribution < 1.29 is 0 Å². The van der Waals surface area contributed by atoms with Crippen LogP contribution >= 0.6 is 0 Å². The molecular formula is C29H36N6. The van der Waals surface area contributed by atoms with E-state index in [1.54, 1.807) is 0 Å². The van der Waals surface area contributed by atoms with E-state index in [1.807, 2.05) is 0 Å². The van der Waals surface area contributed by atoms with Crippen molar-refractivity contribution in [2.45, 2.75) is 38.3 Å². The quantitative estimate of drug-likeness (QED) is 0.497. The number of benzene rings is 2. The molecule has 0 bridgehead atoms. The van der Waals surface area contributed by atoms with Crippen molar-refractivity contribution in [1.29, 1.82) is 0 Å². The van der Waals surface area contributed by atoms with Gasteiger partial charge in [0.05, 0.1) is 29.0 Å². The van der Waals surface area contributed by atoms with Crippen LogP contribution in [0.15, 0.2) is 54.0 Å². The lowest BCUT2D eigenvalue weighted by Crippen LogP contribution is -2.41. The Labute approximate surface area is 208 Å². The number of rotatable bonds is 6. The molecule has 3 aliphatic rings. The van der Waals surface area contributed by atoms with Crippen molar-refractivity contribution in [3.05, 3.63) is 60.3 Å². The first-order chi connectivity index (χ1) is 17.1. The number of likely N-dealkylation sites (tertiary alicyclic amines) is 1. The second-order valence-corrected chi connectivity index (χ2v) is 10.5. The fourth-order valence-corrected chi connectivity index (χ4v) is 5.56. The number of hydrogen-bond acceptors (Lipinski definition) is 5. The van der Waals surface area contributed by atoms with Crippen molar-refractivity contribution in [2.24, 2.45) is 16.6 Å². The number of aromatic nitrogens is 1. The lowest BCUT2D eigenvalue weighted by atomic mass is 10.0. The Morgan fingerprint density at radius 2 is 2.03 bits per heavy atom. The monoisotopic (exact) mass is 468 g/mol. The van der Waals surface area contributed by atoms with Crippen molar-refractivity contribution in [3.8, 4) is 0 Å². The molecule has 1 unspecified atom stereocenters. The number of hydrogen-bond donors (Lipinski definition) is 2. The summed E-state index contributed by atoms with van der Waals surface area (Å²) >= 11 is 0. The lowest BCUT2D eigenvalue weighted by Gasteiger charge is -2.35. The summed E-state index contributed by atoms with van der Waals surface area (Å²) in [7, 11) is 2.15. The minimum atomic E-state index is 0.216. The Kier molecular flexibility index (Phi) is 5.77. The molecule has 6 rings (SSSR count). The van der Waals surface area contributed by atoms with Crippen LogP contribution in [0.4, 0.5) is 17.1 Å². The van der Waals surface area contributed by atoms with E-state index in [0.29, 0.717) is 0 Å². The molecule has 2 aliphatic heterocycles. The van der Waals surface area contributed by atoms with Gasteiger partial charge in [-0.3, -0.25) is 4.99 Å². The fourth-order valence-electron chi connectivity index (χ4n) is 5.56. The Balaban J connectivity index is 1.39. The van der Waals surface area contributed by atoms with E-state index in [0.717, 1.165) is 79.8 Å². The molecule has 1 atom stereocenters. The van der Waals surface area contributed by atoms with Gasteiger partial charge in [0, 0.05) is 68.0 Å². The Hall–Kier alpha value is -3.25. The summed E-state index contributed by atoms with van der Waals surface area (Å²) in [6, 6.07) is 15.6. The number of nitrogens with zero attached hydrogens (tertiary/aromatic N) is 4. The van der Waals surface area contributed by atoms with Gasteiger partial charge < -0.3 is 25.4 Å². The zero-order chi connectivity index (χ0) is 23.9. The van der Waals surface area contributed by atoms with Crippen LogP contribution in [0.25, 0.3) is 16.6 Å². The number of likely N-dealkylation sites (N-methyl/N-ethyl adjacent to an activating group) is 1. The van der Waals surface area contributed by atoms with Crippen LogP contribution in [-0.2, 0) is 6.54 Å². The molecule has 182 valence electrons. The largest absolute Gasteiger partial charge is 0.382 e. The van der Waals surface area contributed by atoms with Gasteiger partial charge in [-0.2, -0.15) is 0 Å². The van der Waals surface area contributed by atoms with Crippen molar-refractivity contribution in [2.75, 3.05) is 43.4 Å². The van der Waals surface area contributed by atoms with Gasteiger partial charge in [0.2, 0.25) is 0 Å². The van der Waals surface area contributed by atoms with E-state index >= 15 is 0 Å².